The number of benzene rings is 1. The highest BCUT2D eigenvalue weighted by atomic mass is 31.1. The molecule has 0 bridgehead atoms. The zero-order chi connectivity index (χ0) is 17.6. The van der Waals surface area contributed by atoms with Gasteiger partial charge >= 0.3 is 16.5 Å². The van der Waals surface area contributed by atoms with Gasteiger partial charge in [0.1, 0.15) is 0 Å². The summed E-state index contributed by atoms with van der Waals surface area (Å²) in [6.07, 6.45) is 3.37. The topological polar surface area (TPSA) is 71.1 Å². The van der Waals surface area contributed by atoms with Gasteiger partial charge in [0, 0.05) is 0 Å². The van der Waals surface area contributed by atoms with Gasteiger partial charge in [0.05, 0.1) is 26.4 Å². The first-order valence-corrected chi connectivity index (χ1v) is 10.8. The lowest BCUT2D eigenvalue weighted by molar-refractivity contribution is 0.231. The van der Waals surface area contributed by atoms with E-state index in [1.54, 1.807) is 13.8 Å². The Hall–Kier alpha value is -0.480. The van der Waals surface area contributed by atoms with Gasteiger partial charge in [-0.2, -0.15) is 0 Å². The van der Waals surface area contributed by atoms with Crippen LogP contribution in [-0.4, -0.2) is 26.4 Å². The molecule has 2 atom stereocenters. The molecular weight excluding hydrogens is 350 g/mol. The Morgan fingerprint density at radius 2 is 1.08 bits per heavy atom. The third-order valence-corrected chi connectivity index (χ3v) is 5.14. The number of aryl methyl sites for hydroxylation is 2. The molecule has 0 fully saturated rings. The molecule has 2 unspecified atom stereocenters. The summed E-state index contributed by atoms with van der Waals surface area (Å²) < 4.78 is 42.4. The fourth-order valence-corrected chi connectivity index (χ4v) is 3.32. The summed E-state index contributed by atoms with van der Waals surface area (Å²) in [7, 11) is -4.63. The standard InChI is InChI=1S/C16H28O6P2/c1-3-19-23(17)21-13-5-7-15-9-11-16(12-10-15)8-6-14-22-24(18)20-4-2/h9-12,23-24H,3-8,13-14H2,1-2H3. The van der Waals surface area contributed by atoms with Crippen LogP contribution in [0.5, 0.6) is 0 Å². The van der Waals surface area contributed by atoms with Crippen molar-refractivity contribution in [1.29, 1.82) is 0 Å². The third kappa shape index (κ3) is 10.4. The first kappa shape index (κ1) is 21.6. The molecule has 0 aromatic heterocycles. The van der Waals surface area contributed by atoms with E-state index in [0.717, 1.165) is 25.7 Å². The molecule has 1 aromatic rings. The molecule has 0 aliphatic carbocycles. The number of hydrogen-bond acceptors (Lipinski definition) is 6. The second kappa shape index (κ2) is 13.8. The van der Waals surface area contributed by atoms with Gasteiger partial charge in [-0.05, 0) is 50.7 Å². The summed E-state index contributed by atoms with van der Waals surface area (Å²) in [6.45, 7) is 5.28. The monoisotopic (exact) mass is 378 g/mol. The average molecular weight is 378 g/mol. The fraction of sp³-hybridized carbons (Fsp3) is 0.625. The fourth-order valence-electron chi connectivity index (χ4n) is 2.06. The molecule has 0 radical (unpaired) electrons. The molecule has 24 heavy (non-hydrogen) atoms. The normalized spacial score (nSPS) is 13.8. The first-order chi connectivity index (χ1) is 11.7. The van der Waals surface area contributed by atoms with E-state index in [1.165, 1.54) is 11.1 Å². The van der Waals surface area contributed by atoms with Gasteiger partial charge in [-0.15, -0.1) is 0 Å². The minimum absolute atomic E-state index is 0.410. The molecule has 0 saturated heterocycles. The summed E-state index contributed by atoms with van der Waals surface area (Å²) in [5.74, 6) is 0. The van der Waals surface area contributed by atoms with Crippen molar-refractivity contribution in [1.82, 2.24) is 0 Å². The molecule has 0 aliphatic rings. The number of rotatable bonds is 14. The molecule has 0 amide bonds. The molecule has 8 heteroatoms. The summed E-state index contributed by atoms with van der Waals surface area (Å²) in [4.78, 5) is 0. The second-order valence-electron chi connectivity index (χ2n) is 5.09. The zero-order valence-electron chi connectivity index (χ0n) is 14.4. The lowest BCUT2D eigenvalue weighted by Crippen LogP contribution is -1.95. The van der Waals surface area contributed by atoms with Crippen LogP contribution in [0, 0.1) is 0 Å². The molecule has 0 aliphatic heterocycles. The highest BCUT2D eigenvalue weighted by Crippen LogP contribution is 2.24. The summed E-state index contributed by atoms with van der Waals surface area (Å²) in [5.41, 5.74) is 2.44. The van der Waals surface area contributed by atoms with Gasteiger partial charge in [-0.1, -0.05) is 24.3 Å². The van der Waals surface area contributed by atoms with Crippen LogP contribution in [0.2, 0.25) is 0 Å². The minimum Gasteiger partial charge on any atom is -0.311 e. The summed E-state index contributed by atoms with van der Waals surface area (Å²) >= 11 is 0. The predicted molar refractivity (Wildman–Crippen MR) is 96.2 cm³/mol. The van der Waals surface area contributed by atoms with Crippen molar-refractivity contribution >= 4 is 16.5 Å². The quantitative estimate of drug-likeness (QED) is 0.352. The Labute approximate surface area is 145 Å². The van der Waals surface area contributed by atoms with Crippen molar-refractivity contribution in [2.45, 2.75) is 39.5 Å². The van der Waals surface area contributed by atoms with Crippen LogP contribution in [0.15, 0.2) is 24.3 Å². The van der Waals surface area contributed by atoms with E-state index < -0.39 is 16.5 Å². The van der Waals surface area contributed by atoms with Gasteiger partial charge in [-0.3, -0.25) is 9.13 Å². The van der Waals surface area contributed by atoms with Crippen molar-refractivity contribution in [3.63, 3.8) is 0 Å². The van der Waals surface area contributed by atoms with E-state index in [2.05, 4.69) is 24.3 Å². The van der Waals surface area contributed by atoms with E-state index >= 15 is 0 Å². The van der Waals surface area contributed by atoms with Crippen LogP contribution >= 0.6 is 16.5 Å². The maximum absolute atomic E-state index is 11.2. The van der Waals surface area contributed by atoms with Crippen molar-refractivity contribution in [3.05, 3.63) is 35.4 Å². The Bertz CT molecular complexity index is 447. The van der Waals surface area contributed by atoms with Crippen molar-refractivity contribution in [3.8, 4) is 0 Å². The van der Waals surface area contributed by atoms with Gasteiger partial charge in [-0.25, -0.2) is 0 Å². The highest BCUT2D eigenvalue weighted by Gasteiger charge is 2.01. The smallest absolute Gasteiger partial charge is 0.311 e. The Morgan fingerprint density at radius 1 is 0.708 bits per heavy atom. The molecule has 6 nitrogen and oxygen atoms in total. The number of hydrogen-bond donors (Lipinski definition) is 0. The molecule has 1 aromatic carbocycles. The predicted octanol–water partition coefficient (Wildman–Crippen LogP) is 4.44. The molecule has 0 N–H and O–H groups in total. The van der Waals surface area contributed by atoms with Gasteiger partial charge in [0.25, 0.3) is 0 Å². The lowest BCUT2D eigenvalue weighted by Gasteiger charge is -2.06. The van der Waals surface area contributed by atoms with Gasteiger partial charge in [0.15, 0.2) is 0 Å². The van der Waals surface area contributed by atoms with Gasteiger partial charge < -0.3 is 18.1 Å². The second-order valence-corrected chi connectivity index (χ2v) is 7.24. The SMILES string of the molecule is CCO[PH](=O)OCCCc1ccc(CCCO[PH](=O)OCC)cc1. The maximum Gasteiger partial charge on any atom is 0.319 e. The van der Waals surface area contributed by atoms with E-state index in [1.807, 2.05) is 0 Å². The molecule has 138 valence electrons. The van der Waals surface area contributed by atoms with Crippen molar-refractivity contribution in [2.24, 2.45) is 0 Å². The lowest BCUT2D eigenvalue weighted by atomic mass is 10.0. The van der Waals surface area contributed by atoms with Crippen LogP contribution in [0.4, 0.5) is 0 Å². The first-order valence-electron chi connectivity index (χ1n) is 8.32. The molecular formula is C16H28O6P2. The van der Waals surface area contributed by atoms with Crippen LogP contribution < -0.4 is 0 Å². The molecule has 0 saturated carbocycles. The largest absolute Gasteiger partial charge is 0.319 e. The van der Waals surface area contributed by atoms with E-state index in [4.69, 9.17) is 18.1 Å². The summed E-state index contributed by atoms with van der Waals surface area (Å²) in [5, 5.41) is 0. The summed E-state index contributed by atoms with van der Waals surface area (Å²) in [6, 6.07) is 8.35. The van der Waals surface area contributed by atoms with E-state index in [0.29, 0.717) is 26.4 Å². The van der Waals surface area contributed by atoms with Crippen LogP contribution in [0.3, 0.4) is 0 Å². The third-order valence-electron chi connectivity index (χ3n) is 3.21. The zero-order valence-corrected chi connectivity index (χ0v) is 16.4. The van der Waals surface area contributed by atoms with Crippen molar-refractivity contribution < 1.29 is 27.2 Å². The van der Waals surface area contributed by atoms with Crippen LogP contribution in [-0.2, 0) is 40.1 Å². The molecule has 0 heterocycles. The Balaban J connectivity index is 2.16. The average Bonchev–Trinajstić information content (AvgIpc) is 2.57. The molecule has 1 rings (SSSR count). The Kier molecular flexibility index (Phi) is 12.4. The van der Waals surface area contributed by atoms with E-state index in [9.17, 15) is 9.13 Å². The van der Waals surface area contributed by atoms with Crippen LogP contribution in [0.1, 0.15) is 37.8 Å². The Morgan fingerprint density at radius 3 is 1.42 bits per heavy atom. The maximum atomic E-state index is 11.2. The molecule has 0 spiro atoms. The van der Waals surface area contributed by atoms with E-state index in [-0.39, 0.29) is 0 Å². The highest BCUT2D eigenvalue weighted by molar-refractivity contribution is 7.33. The minimum atomic E-state index is -2.31. The van der Waals surface area contributed by atoms with Gasteiger partial charge in [0.2, 0.25) is 0 Å². The van der Waals surface area contributed by atoms with Crippen molar-refractivity contribution in [2.75, 3.05) is 26.4 Å². The van der Waals surface area contributed by atoms with Crippen LogP contribution in [0.25, 0.3) is 0 Å².